The number of allylic oxidation sites excluding steroid dienone is 4. The largest absolute Gasteiger partial charge is 0.439 e. The van der Waals surface area contributed by atoms with Crippen molar-refractivity contribution in [2.45, 2.75) is 56.4 Å². The fourth-order valence-corrected chi connectivity index (χ4v) is 7.61. The lowest BCUT2D eigenvalue weighted by molar-refractivity contribution is -0.133. The van der Waals surface area contributed by atoms with Gasteiger partial charge in [-0.25, -0.2) is 9.50 Å². The third kappa shape index (κ3) is 7.68. The lowest BCUT2D eigenvalue weighted by Gasteiger charge is -2.36. The summed E-state index contributed by atoms with van der Waals surface area (Å²) >= 11 is 1.73. The van der Waals surface area contributed by atoms with Crippen LogP contribution in [0.4, 0.5) is 14.5 Å². The van der Waals surface area contributed by atoms with Gasteiger partial charge in [0.2, 0.25) is 5.91 Å². The molecule has 1 unspecified atom stereocenters. The number of alkyl halides is 2. The molecule has 7 rings (SSSR count). The molecule has 1 N–H and O–H groups in total. The summed E-state index contributed by atoms with van der Waals surface area (Å²) in [5.41, 5.74) is 1.28. The van der Waals surface area contributed by atoms with Crippen molar-refractivity contribution in [3.05, 3.63) is 64.9 Å². The average Bonchev–Trinajstić information content (AvgIpc) is 3.64. The minimum atomic E-state index is -3.02. The molecule has 0 bridgehead atoms. The number of anilines is 1. The number of ether oxygens (including phenoxy) is 2. The van der Waals surface area contributed by atoms with E-state index < -0.39 is 18.4 Å². The number of amides is 2. The molecular formula is C32H38F2N8O4S. The van der Waals surface area contributed by atoms with Crippen molar-refractivity contribution >= 4 is 34.9 Å². The van der Waals surface area contributed by atoms with Gasteiger partial charge in [-0.2, -0.15) is 19.0 Å². The normalized spacial score (nSPS) is 21.2. The van der Waals surface area contributed by atoms with E-state index in [0.29, 0.717) is 47.7 Å². The van der Waals surface area contributed by atoms with Gasteiger partial charge in [0, 0.05) is 56.6 Å². The van der Waals surface area contributed by atoms with Gasteiger partial charge in [-0.1, -0.05) is 0 Å². The summed E-state index contributed by atoms with van der Waals surface area (Å²) in [4.78, 5) is 36.6. The smallest absolute Gasteiger partial charge is 0.387 e. The van der Waals surface area contributed by atoms with Gasteiger partial charge in [-0.05, 0) is 61.1 Å². The van der Waals surface area contributed by atoms with Crippen LogP contribution in [0.15, 0.2) is 53.7 Å². The molecule has 47 heavy (non-hydrogen) atoms. The fourth-order valence-electron chi connectivity index (χ4n) is 6.40. The highest BCUT2D eigenvalue weighted by Crippen LogP contribution is 2.46. The van der Waals surface area contributed by atoms with Crippen molar-refractivity contribution in [3.63, 3.8) is 0 Å². The summed E-state index contributed by atoms with van der Waals surface area (Å²) in [5.74, 6) is -0.645. The zero-order chi connectivity index (χ0) is 32.3. The zero-order valence-electron chi connectivity index (χ0n) is 26.0. The minimum absolute atomic E-state index is 0.0454. The molecule has 12 nitrogen and oxygen atoms in total. The Labute approximate surface area is 275 Å². The van der Waals surface area contributed by atoms with Crippen LogP contribution >= 0.6 is 11.8 Å². The quantitative estimate of drug-likeness (QED) is 0.322. The van der Waals surface area contributed by atoms with Gasteiger partial charge in [0.15, 0.2) is 5.65 Å². The number of thioether (sulfide) groups is 1. The molecule has 3 aromatic heterocycles. The summed E-state index contributed by atoms with van der Waals surface area (Å²) in [6.45, 7) is 2.72. The van der Waals surface area contributed by atoms with E-state index in [4.69, 9.17) is 14.6 Å². The fraction of sp³-hybridized carbons (Fsp3) is 0.531. The van der Waals surface area contributed by atoms with E-state index in [2.05, 4.69) is 20.3 Å². The van der Waals surface area contributed by atoms with Crippen LogP contribution in [0.2, 0.25) is 0 Å². The summed E-state index contributed by atoms with van der Waals surface area (Å²) in [7, 11) is 0. The van der Waals surface area contributed by atoms with Crippen LogP contribution in [-0.2, 0) is 20.8 Å². The van der Waals surface area contributed by atoms with Crippen molar-refractivity contribution in [1.82, 2.24) is 34.2 Å². The van der Waals surface area contributed by atoms with Gasteiger partial charge in [-0.3, -0.25) is 19.2 Å². The predicted molar refractivity (Wildman–Crippen MR) is 171 cm³/mol. The van der Waals surface area contributed by atoms with Crippen LogP contribution in [0.1, 0.15) is 54.1 Å². The SMILES string of the molecule is O=C(Nc1cn(CC(=O)N2CCC(CN3CCOCC3)CC2)nc1C1CC(SC2CC2)=CC=C1OC(F)F)c1cnn2cccnc12. The Morgan fingerprint density at radius 3 is 2.68 bits per heavy atom. The number of morpholine rings is 1. The van der Waals surface area contributed by atoms with Crippen LogP contribution < -0.4 is 5.32 Å². The second-order valence-electron chi connectivity index (χ2n) is 12.4. The van der Waals surface area contributed by atoms with Gasteiger partial charge in [0.05, 0.1) is 36.7 Å². The lowest BCUT2D eigenvalue weighted by Crippen LogP contribution is -2.45. The van der Waals surface area contributed by atoms with E-state index in [0.717, 1.165) is 63.4 Å². The number of nitrogens with zero attached hydrogens (tertiary/aromatic N) is 7. The first kappa shape index (κ1) is 31.8. The topological polar surface area (TPSA) is 119 Å². The lowest BCUT2D eigenvalue weighted by atomic mass is 9.94. The maximum atomic E-state index is 13.6. The Balaban J connectivity index is 1.10. The van der Waals surface area contributed by atoms with Crippen LogP contribution in [0.5, 0.6) is 0 Å². The Morgan fingerprint density at radius 2 is 1.91 bits per heavy atom. The number of aromatic nitrogens is 5. The van der Waals surface area contributed by atoms with Crippen molar-refractivity contribution < 1.29 is 27.8 Å². The van der Waals surface area contributed by atoms with Crippen molar-refractivity contribution in [3.8, 4) is 0 Å². The summed E-state index contributed by atoms with van der Waals surface area (Å²) in [6, 6.07) is 1.71. The second-order valence-corrected chi connectivity index (χ2v) is 13.8. The van der Waals surface area contributed by atoms with Crippen molar-refractivity contribution in [2.75, 3.05) is 51.3 Å². The highest BCUT2D eigenvalue weighted by molar-refractivity contribution is 8.03. The minimum Gasteiger partial charge on any atom is -0.439 e. The molecule has 2 amide bonds. The van der Waals surface area contributed by atoms with Crippen LogP contribution in [0.3, 0.4) is 0 Å². The number of rotatable bonds is 11. The number of hydrogen-bond acceptors (Lipinski definition) is 9. The number of carbonyl (C=O) groups excluding carboxylic acids is 2. The van der Waals surface area contributed by atoms with Crippen molar-refractivity contribution in [1.29, 1.82) is 0 Å². The molecule has 3 fully saturated rings. The molecule has 250 valence electrons. The molecule has 5 heterocycles. The van der Waals surface area contributed by atoms with E-state index in [1.54, 1.807) is 42.5 Å². The highest BCUT2D eigenvalue weighted by atomic mass is 32.2. The summed E-state index contributed by atoms with van der Waals surface area (Å²) < 4.78 is 40.5. The van der Waals surface area contributed by atoms with E-state index in [9.17, 15) is 18.4 Å². The third-order valence-electron chi connectivity index (χ3n) is 9.03. The van der Waals surface area contributed by atoms with Gasteiger partial charge < -0.3 is 19.7 Å². The molecule has 0 aromatic carbocycles. The monoisotopic (exact) mass is 668 g/mol. The molecule has 1 saturated carbocycles. The van der Waals surface area contributed by atoms with Crippen LogP contribution in [0.25, 0.3) is 5.65 Å². The Kier molecular flexibility index (Phi) is 9.54. The third-order valence-corrected chi connectivity index (χ3v) is 10.4. The number of piperidine rings is 1. The first-order chi connectivity index (χ1) is 22.9. The number of nitrogens with one attached hydrogen (secondary N) is 1. The van der Waals surface area contributed by atoms with E-state index in [1.807, 2.05) is 11.0 Å². The maximum absolute atomic E-state index is 13.6. The number of likely N-dealkylation sites (tertiary alicyclic amines) is 1. The van der Waals surface area contributed by atoms with E-state index >= 15 is 0 Å². The van der Waals surface area contributed by atoms with Gasteiger partial charge >= 0.3 is 6.61 Å². The molecular weight excluding hydrogens is 630 g/mol. The average molecular weight is 669 g/mol. The van der Waals surface area contributed by atoms with Crippen molar-refractivity contribution in [2.24, 2.45) is 5.92 Å². The standard InChI is InChI=1S/C32H38F2N8O4S/c33-32(34)46-27-5-4-23(47-22-2-3-22)16-24(27)29-26(37-31(44)25-17-36-42-9-1-8-35-30(25)42)19-41(38-29)20-28(43)40-10-6-21(7-11-40)18-39-12-14-45-15-13-39/h1,4-5,8-9,17,19,21-22,24,32H,2-3,6-7,10-16,18,20H2,(H,37,44). The van der Waals surface area contributed by atoms with E-state index in [1.165, 1.54) is 15.4 Å². The van der Waals surface area contributed by atoms with E-state index in [-0.39, 0.29) is 23.8 Å². The Morgan fingerprint density at radius 1 is 1.11 bits per heavy atom. The molecule has 0 radical (unpaired) electrons. The Hall–Kier alpha value is -3.82. The number of carbonyl (C=O) groups is 2. The zero-order valence-corrected chi connectivity index (χ0v) is 26.8. The molecule has 4 aliphatic rings. The molecule has 2 aliphatic heterocycles. The molecule has 15 heteroatoms. The Bertz CT molecular complexity index is 1660. The van der Waals surface area contributed by atoms with Gasteiger partial charge in [0.1, 0.15) is 17.9 Å². The molecule has 1 atom stereocenters. The predicted octanol–water partition coefficient (Wildman–Crippen LogP) is 4.14. The van der Waals surface area contributed by atoms with Gasteiger partial charge in [0.25, 0.3) is 5.91 Å². The first-order valence-corrected chi connectivity index (χ1v) is 17.0. The summed E-state index contributed by atoms with van der Waals surface area (Å²) in [5, 5.41) is 12.4. The van der Waals surface area contributed by atoms with Gasteiger partial charge in [-0.15, -0.1) is 11.8 Å². The highest BCUT2D eigenvalue weighted by Gasteiger charge is 2.34. The molecule has 2 saturated heterocycles. The number of hydrogen-bond donors (Lipinski definition) is 1. The molecule has 3 aromatic rings. The second kappa shape index (κ2) is 14.1. The first-order valence-electron chi connectivity index (χ1n) is 16.2. The van der Waals surface area contributed by atoms with Crippen LogP contribution in [-0.4, -0.2) is 104 Å². The molecule has 2 aliphatic carbocycles. The number of fused-ring (bicyclic) bond motifs is 1. The maximum Gasteiger partial charge on any atom is 0.387 e. The van der Waals surface area contributed by atoms with Crippen LogP contribution in [0, 0.1) is 5.92 Å². The number of halogens is 2. The summed E-state index contributed by atoms with van der Waals surface area (Å²) in [6.07, 6.45) is 14.2. The molecule has 0 spiro atoms.